The fourth-order valence-electron chi connectivity index (χ4n) is 5.29. The number of nitrogens with zero attached hydrogens (tertiary/aromatic N) is 1. The highest BCUT2D eigenvalue weighted by molar-refractivity contribution is 5.94. The van der Waals surface area contributed by atoms with Crippen molar-refractivity contribution >= 4 is 29.7 Å². The van der Waals surface area contributed by atoms with Crippen molar-refractivity contribution in [2.24, 2.45) is 11.8 Å². The Morgan fingerprint density at radius 3 is 2.19 bits per heavy atom. The molecule has 37 heavy (non-hydrogen) atoms. The number of hydrogen-bond acceptors (Lipinski definition) is 6. The molecule has 0 aromatic rings. The fourth-order valence-corrected chi connectivity index (χ4v) is 5.29. The zero-order valence-electron chi connectivity index (χ0n) is 22.0. The van der Waals surface area contributed by atoms with Crippen LogP contribution in [0.1, 0.15) is 84.0 Å². The van der Waals surface area contributed by atoms with Gasteiger partial charge in [-0.15, -0.1) is 0 Å². The molecule has 0 spiro atoms. The van der Waals surface area contributed by atoms with Crippen molar-refractivity contribution in [3.8, 4) is 0 Å². The van der Waals surface area contributed by atoms with Gasteiger partial charge < -0.3 is 31.1 Å². The van der Waals surface area contributed by atoms with Gasteiger partial charge in [-0.3, -0.25) is 19.2 Å². The van der Waals surface area contributed by atoms with Gasteiger partial charge in [-0.2, -0.15) is 0 Å². The molecule has 210 valence electrons. The molecule has 2 aliphatic rings. The molecule has 2 rings (SSSR count). The van der Waals surface area contributed by atoms with Crippen LogP contribution in [0.2, 0.25) is 0 Å². The van der Waals surface area contributed by atoms with Crippen LogP contribution in [0.25, 0.3) is 0 Å². The van der Waals surface area contributed by atoms with Gasteiger partial charge in [0.15, 0.2) is 0 Å². The highest BCUT2D eigenvalue weighted by Gasteiger charge is 2.31. The van der Waals surface area contributed by atoms with Crippen molar-refractivity contribution in [2.45, 2.75) is 96.1 Å². The van der Waals surface area contributed by atoms with Crippen molar-refractivity contribution in [3.05, 3.63) is 0 Å². The smallest absolute Gasteiger partial charge is 0.326 e. The molecule has 1 aliphatic heterocycles. The molecule has 1 aliphatic carbocycles. The largest absolute Gasteiger partial charge is 0.481 e. The number of amides is 3. The highest BCUT2D eigenvalue weighted by Crippen LogP contribution is 2.27. The average Bonchev–Trinajstić information content (AvgIpc) is 2.87. The monoisotopic (exact) mass is 524 g/mol. The molecule has 11 heteroatoms. The van der Waals surface area contributed by atoms with Gasteiger partial charge in [0.05, 0.1) is 13.0 Å². The second kappa shape index (κ2) is 16.2. The number of carbonyl (C=O) groups excluding carboxylic acids is 3. The minimum atomic E-state index is -1.44. The second-order valence-corrected chi connectivity index (χ2v) is 10.4. The topological polar surface area (TPSA) is 165 Å². The summed E-state index contributed by atoms with van der Waals surface area (Å²) in [6.07, 6.45) is 8.76. The summed E-state index contributed by atoms with van der Waals surface area (Å²) in [5, 5.41) is 27.0. The Balaban J connectivity index is 1.88. The second-order valence-electron chi connectivity index (χ2n) is 10.4. The first-order valence-electron chi connectivity index (χ1n) is 13.7. The van der Waals surface area contributed by atoms with Crippen LogP contribution in [0.5, 0.6) is 0 Å². The zero-order chi connectivity index (χ0) is 27.2. The van der Waals surface area contributed by atoms with E-state index in [0.717, 1.165) is 70.9 Å². The summed E-state index contributed by atoms with van der Waals surface area (Å²) in [4.78, 5) is 62.6. The van der Waals surface area contributed by atoms with E-state index in [1.165, 1.54) is 4.90 Å². The fraction of sp³-hybridized carbons (Fsp3) is 0.808. The summed E-state index contributed by atoms with van der Waals surface area (Å²) >= 11 is 0. The van der Waals surface area contributed by atoms with Crippen LogP contribution >= 0.6 is 0 Å². The number of likely N-dealkylation sites (N-methyl/N-ethyl adjacent to an activating group) is 1. The van der Waals surface area contributed by atoms with Crippen molar-refractivity contribution in [2.75, 3.05) is 26.2 Å². The molecule has 1 heterocycles. The van der Waals surface area contributed by atoms with E-state index in [4.69, 9.17) is 0 Å². The molecule has 1 saturated heterocycles. The molecule has 0 unspecified atom stereocenters. The average molecular weight is 525 g/mol. The van der Waals surface area contributed by atoms with Crippen LogP contribution in [0.15, 0.2) is 0 Å². The highest BCUT2D eigenvalue weighted by atomic mass is 16.4. The third-order valence-electron chi connectivity index (χ3n) is 7.47. The summed E-state index contributed by atoms with van der Waals surface area (Å²) in [7, 11) is 0. The van der Waals surface area contributed by atoms with Gasteiger partial charge in [-0.1, -0.05) is 32.1 Å². The van der Waals surface area contributed by atoms with Gasteiger partial charge in [-0.25, -0.2) is 4.79 Å². The summed E-state index contributed by atoms with van der Waals surface area (Å²) in [5.74, 6) is -3.38. The molecule has 2 fully saturated rings. The first-order chi connectivity index (χ1) is 17.7. The SMILES string of the molecule is CCN(CC(=O)N[C@H](CC(=O)O)C(=O)N[C@H](CC1CCCCC1)C(=O)O)C(=O)CCCC1CCNCC1. The molecule has 0 radical (unpaired) electrons. The molecular formula is C26H44N4O7. The van der Waals surface area contributed by atoms with Gasteiger partial charge in [0.2, 0.25) is 17.7 Å². The molecule has 11 nitrogen and oxygen atoms in total. The summed E-state index contributed by atoms with van der Waals surface area (Å²) in [5.41, 5.74) is 0. The maximum atomic E-state index is 12.8. The summed E-state index contributed by atoms with van der Waals surface area (Å²) in [6.45, 7) is 3.76. The van der Waals surface area contributed by atoms with E-state index in [9.17, 15) is 34.2 Å². The Morgan fingerprint density at radius 2 is 1.59 bits per heavy atom. The van der Waals surface area contributed by atoms with E-state index in [2.05, 4.69) is 16.0 Å². The van der Waals surface area contributed by atoms with E-state index in [0.29, 0.717) is 18.9 Å². The van der Waals surface area contributed by atoms with E-state index in [-0.39, 0.29) is 24.8 Å². The number of rotatable bonds is 15. The van der Waals surface area contributed by atoms with Crippen LogP contribution in [0, 0.1) is 11.8 Å². The van der Waals surface area contributed by atoms with Crippen molar-refractivity contribution in [3.63, 3.8) is 0 Å². The van der Waals surface area contributed by atoms with Gasteiger partial charge in [0, 0.05) is 13.0 Å². The van der Waals surface area contributed by atoms with Crippen molar-refractivity contribution in [1.29, 1.82) is 0 Å². The quantitative estimate of drug-likeness (QED) is 0.215. The predicted octanol–water partition coefficient (Wildman–Crippen LogP) is 1.50. The number of carboxylic acid groups (broad SMARTS) is 2. The maximum absolute atomic E-state index is 12.8. The number of hydrogen-bond donors (Lipinski definition) is 5. The van der Waals surface area contributed by atoms with Crippen LogP contribution in [0.3, 0.4) is 0 Å². The maximum Gasteiger partial charge on any atom is 0.326 e. The number of carboxylic acids is 2. The van der Waals surface area contributed by atoms with E-state index in [1.54, 1.807) is 6.92 Å². The molecule has 1 saturated carbocycles. The Hall–Kier alpha value is -2.69. The van der Waals surface area contributed by atoms with Crippen LogP contribution in [0.4, 0.5) is 0 Å². The molecule has 0 aromatic heterocycles. The van der Waals surface area contributed by atoms with Gasteiger partial charge in [0.25, 0.3) is 0 Å². The Morgan fingerprint density at radius 1 is 0.919 bits per heavy atom. The van der Waals surface area contributed by atoms with Gasteiger partial charge in [-0.05, 0) is 64.0 Å². The minimum absolute atomic E-state index is 0.163. The third kappa shape index (κ3) is 11.5. The Labute approximate surface area is 219 Å². The predicted molar refractivity (Wildman–Crippen MR) is 137 cm³/mol. The van der Waals surface area contributed by atoms with Crippen LogP contribution in [-0.4, -0.2) is 83.0 Å². The minimum Gasteiger partial charge on any atom is -0.481 e. The Kier molecular flexibility index (Phi) is 13.4. The standard InChI is InChI=1S/C26H44N4O7/c1-2-30(23(32)10-6-9-18-11-13-27-14-12-18)17-22(31)28-20(16-24(33)34)25(35)29-21(26(36)37)15-19-7-4-3-5-8-19/h18-21,27H,2-17H2,1H3,(H,28,31)(H,29,35)(H,33,34)(H,36,37)/t20-,21-/m1/s1. The first-order valence-corrected chi connectivity index (χ1v) is 13.7. The molecule has 0 aromatic carbocycles. The first kappa shape index (κ1) is 30.5. The van der Waals surface area contributed by atoms with Crippen molar-refractivity contribution in [1.82, 2.24) is 20.9 Å². The lowest BCUT2D eigenvalue weighted by molar-refractivity contribution is -0.144. The van der Waals surface area contributed by atoms with Gasteiger partial charge in [0.1, 0.15) is 12.1 Å². The molecule has 3 amide bonds. The van der Waals surface area contributed by atoms with Crippen molar-refractivity contribution < 1.29 is 34.2 Å². The third-order valence-corrected chi connectivity index (χ3v) is 7.47. The lowest BCUT2D eigenvalue weighted by atomic mass is 9.85. The number of aliphatic carboxylic acids is 2. The molecule has 2 atom stereocenters. The lowest BCUT2D eigenvalue weighted by Gasteiger charge is -2.27. The van der Waals surface area contributed by atoms with Crippen LogP contribution < -0.4 is 16.0 Å². The zero-order valence-corrected chi connectivity index (χ0v) is 22.0. The van der Waals surface area contributed by atoms with E-state index >= 15 is 0 Å². The molecule has 5 N–H and O–H groups in total. The number of nitrogens with one attached hydrogen (secondary N) is 3. The number of piperidine rings is 1. The van der Waals surface area contributed by atoms with Crippen LogP contribution in [-0.2, 0) is 24.0 Å². The summed E-state index contributed by atoms with van der Waals surface area (Å²) in [6, 6.07) is -2.59. The normalized spacial score (nSPS) is 18.4. The lowest BCUT2D eigenvalue weighted by Crippen LogP contribution is -2.54. The summed E-state index contributed by atoms with van der Waals surface area (Å²) < 4.78 is 0. The number of carbonyl (C=O) groups is 5. The molecule has 0 bridgehead atoms. The Bertz CT molecular complexity index is 779. The van der Waals surface area contributed by atoms with Gasteiger partial charge >= 0.3 is 11.9 Å². The van der Waals surface area contributed by atoms with E-state index < -0.39 is 42.3 Å². The molecular weight excluding hydrogens is 480 g/mol. The van der Waals surface area contributed by atoms with E-state index in [1.807, 2.05) is 0 Å².